The van der Waals surface area contributed by atoms with E-state index < -0.39 is 17.6 Å². The lowest BCUT2D eigenvalue weighted by molar-refractivity contribution is -0.139. The summed E-state index contributed by atoms with van der Waals surface area (Å²) in [5, 5.41) is 2.81. The van der Waals surface area contributed by atoms with Crippen molar-refractivity contribution < 1.29 is 14.3 Å². The first-order valence-electron chi connectivity index (χ1n) is 6.58. The van der Waals surface area contributed by atoms with Gasteiger partial charge < -0.3 is 15.8 Å². The fourth-order valence-electron chi connectivity index (χ4n) is 2.48. The van der Waals surface area contributed by atoms with Crippen molar-refractivity contribution in [2.75, 3.05) is 6.61 Å². The summed E-state index contributed by atoms with van der Waals surface area (Å²) in [5.41, 5.74) is 4.49. The third-order valence-corrected chi connectivity index (χ3v) is 3.98. The van der Waals surface area contributed by atoms with Crippen LogP contribution in [0.15, 0.2) is 0 Å². The van der Waals surface area contributed by atoms with Crippen molar-refractivity contribution in [3.05, 3.63) is 0 Å². The lowest BCUT2D eigenvalue weighted by Crippen LogP contribution is -2.62. The van der Waals surface area contributed by atoms with Gasteiger partial charge in [-0.25, -0.2) is 0 Å². The van der Waals surface area contributed by atoms with E-state index in [-0.39, 0.29) is 17.7 Å². The van der Waals surface area contributed by atoms with Gasteiger partial charge in [-0.15, -0.1) is 0 Å². The van der Waals surface area contributed by atoms with E-state index in [1.807, 2.05) is 27.7 Å². The van der Waals surface area contributed by atoms with Crippen molar-refractivity contribution in [2.24, 2.45) is 17.6 Å². The van der Waals surface area contributed by atoms with Gasteiger partial charge in [0.2, 0.25) is 11.8 Å². The molecule has 1 aliphatic heterocycles. The molecular formula is C13H24N2O3. The number of nitrogens with one attached hydrogen (secondary N) is 1. The summed E-state index contributed by atoms with van der Waals surface area (Å²) in [6.07, 6.45) is 0.886. The van der Waals surface area contributed by atoms with E-state index in [4.69, 9.17) is 10.5 Å². The van der Waals surface area contributed by atoms with Crippen LogP contribution in [-0.2, 0) is 14.3 Å². The maximum atomic E-state index is 12.2. The number of carbonyl (C=O) groups is 2. The average molecular weight is 256 g/mol. The molecule has 18 heavy (non-hydrogen) atoms. The normalized spacial score (nSPS) is 26.9. The molecule has 1 rings (SSSR count). The van der Waals surface area contributed by atoms with Crippen molar-refractivity contribution in [3.8, 4) is 0 Å². The molecule has 1 aliphatic rings. The average Bonchev–Trinajstić information content (AvgIpc) is 2.71. The van der Waals surface area contributed by atoms with Gasteiger partial charge in [0.15, 0.2) is 0 Å². The van der Waals surface area contributed by atoms with Gasteiger partial charge >= 0.3 is 0 Å². The monoisotopic (exact) mass is 256 g/mol. The molecule has 0 bridgehead atoms. The summed E-state index contributed by atoms with van der Waals surface area (Å²) in [6.45, 7) is 8.19. The summed E-state index contributed by atoms with van der Waals surface area (Å²) in [6, 6.07) is 0. The molecule has 5 nitrogen and oxygen atoms in total. The molecule has 3 N–H and O–H groups in total. The molecule has 0 unspecified atom stereocenters. The van der Waals surface area contributed by atoms with Crippen molar-refractivity contribution in [3.63, 3.8) is 0 Å². The predicted octanol–water partition coefficient (Wildman–Crippen LogP) is 0.818. The van der Waals surface area contributed by atoms with E-state index in [1.54, 1.807) is 0 Å². The number of rotatable bonds is 5. The Hall–Kier alpha value is -1.10. The number of amides is 2. The van der Waals surface area contributed by atoms with Crippen LogP contribution in [0.4, 0.5) is 0 Å². The van der Waals surface area contributed by atoms with Crippen LogP contribution < -0.4 is 11.1 Å². The molecule has 0 radical (unpaired) electrons. The minimum Gasteiger partial charge on any atom is -0.368 e. The second kappa shape index (κ2) is 5.69. The molecule has 0 aromatic rings. The number of nitrogens with two attached hydrogens (primary N) is 1. The zero-order chi connectivity index (χ0) is 13.9. The third kappa shape index (κ3) is 2.66. The first kappa shape index (κ1) is 15.0. The van der Waals surface area contributed by atoms with E-state index in [0.717, 1.165) is 6.42 Å². The fourth-order valence-corrected chi connectivity index (χ4v) is 2.48. The summed E-state index contributed by atoms with van der Waals surface area (Å²) < 4.78 is 5.41. The molecule has 5 heteroatoms. The van der Waals surface area contributed by atoms with Gasteiger partial charge in [0.1, 0.15) is 11.6 Å². The smallest absolute Gasteiger partial charge is 0.250 e. The molecule has 0 aromatic heterocycles. The molecule has 2 amide bonds. The zero-order valence-corrected chi connectivity index (χ0v) is 11.7. The molecule has 0 aromatic carbocycles. The van der Waals surface area contributed by atoms with Crippen LogP contribution in [0.2, 0.25) is 0 Å². The first-order valence-corrected chi connectivity index (χ1v) is 6.58. The molecule has 0 aliphatic carbocycles. The fraction of sp³-hybridized carbons (Fsp3) is 0.846. The van der Waals surface area contributed by atoms with Gasteiger partial charge in [-0.3, -0.25) is 9.59 Å². The summed E-state index contributed by atoms with van der Waals surface area (Å²) in [5.74, 6) is -0.589. The number of hydrogen-bond acceptors (Lipinski definition) is 3. The lowest BCUT2D eigenvalue weighted by atomic mass is 9.82. The van der Waals surface area contributed by atoms with Crippen molar-refractivity contribution in [2.45, 2.75) is 52.2 Å². The molecule has 104 valence electrons. The minimum atomic E-state index is -0.983. The summed E-state index contributed by atoms with van der Waals surface area (Å²) in [7, 11) is 0. The second-order valence-electron chi connectivity index (χ2n) is 5.39. The van der Waals surface area contributed by atoms with Crippen LogP contribution >= 0.6 is 0 Å². The van der Waals surface area contributed by atoms with Crippen LogP contribution in [0.5, 0.6) is 0 Å². The van der Waals surface area contributed by atoms with Crippen molar-refractivity contribution in [1.29, 1.82) is 0 Å². The Kier molecular flexibility index (Phi) is 4.73. The number of ether oxygens (including phenoxy) is 1. The Morgan fingerprint density at radius 3 is 2.44 bits per heavy atom. The Morgan fingerprint density at radius 1 is 1.50 bits per heavy atom. The highest BCUT2D eigenvalue weighted by Crippen LogP contribution is 2.24. The quantitative estimate of drug-likeness (QED) is 0.764. The number of primary amides is 1. The van der Waals surface area contributed by atoms with Crippen LogP contribution in [0.1, 0.15) is 40.5 Å². The molecule has 1 fully saturated rings. The van der Waals surface area contributed by atoms with Crippen LogP contribution in [0, 0.1) is 11.8 Å². The van der Waals surface area contributed by atoms with Crippen molar-refractivity contribution >= 4 is 11.8 Å². The lowest BCUT2D eigenvalue weighted by Gasteiger charge is -2.35. The Morgan fingerprint density at radius 2 is 2.11 bits per heavy atom. The first-order chi connectivity index (χ1) is 8.35. The van der Waals surface area contributed by atoms with Crippen LogP contribution in [0.3, 0.4) is 0 Å². The molecule has 0 saturated carbocycles. The highest BCUT2D eigenvalue weighted by molar-refractivity contribution is 5.92. The maximum Gasteiger partial charge on any atom is 0.250 e. The topological polar surface area (TPSA) is 81.4 Å². The summed E-state index contributed by atoms with van der Waals surface area (Å²) >= 11 is 0. The molecular weight excluding hydrogens is 232 g/mol. The van der Waals surface area contributed by atoms with E-state index in [1.165, 1.54) is 0 Å². The van der Waals surface area contributed by atoms with Gasteiger partial charge in [-0.1, -0.05) is 27.7 Å². The largest absolute Gasteiger partial charge is 0.368 e. The van der Waals surface area contributed by atoms with E-state index in [2.05, 4.69) is 5.32 Å². The molecule has 1 heterocycles. The zero-order valence-electron chi connectivity index (χ0n) is 11.7. The van der Waals surface area contributed by atoms with Crippen LogP contribution in [0.25, 0.3) is 0 Å². The third-order valence-electron chi connectivity index (χ3n) is 3.98. The Balaban J connectivity index is 2.84. The standard InChI is InChI=1S/C13H24N2O3/c1-5-13(8(2)3,12(14)17)15-11(16)10-9(4)6-7-18-10/h8-10H,5-7H2,1-4H3,(H2,14,17)(H,15,16)/t9-,10-,13+/m0/s1. The predicted molar refractivity (Wildman–Crippen MR) is 68.7 cm³/mol. The van der Waals surface area contributed by atoms with Gasteiger partial charge in [0.05, 0.1) is 0 Å². The van der Waals surface area contributed by atoms with Gasteiger partial charge in [-0.2, -0.15) is 0 Å². The van der Waals surface area contributed by atoms with E-state index in [9.17, 15) is 9.59 Å². The van der Waals surface area contributed by atoms with Crippen LogP contribution in [-0.4, -0.2) is 30.1 Å². The van der Waals surface area contributed by atoms with Gasteiger partial charge in [-0.05, 0) is 24.7 Å². The Bertz CT molecular complexity index is 330. The highest BCUT2D eigenvalue weighted by Gasteiger charge is 2.42. The minimum absolute atomic E-state index is 0.0549. The SMILES string of the molecule is CC[C@](NC(=O)[C@H]1OCC[C@@H]1C)(C(N)=O)C(C)C. The van der Waals surface area contributed by atoms with E-state index >= 15 is 0 Å². The maximum absolute atomic E-state index is 12.2. The van der Waals surface area contributed by atoms with Crippen molar-refractivity contribution in [1.82, 2.24) is 5.32 Å². The Labute approximate surface area is 108 Å². The number of carbonyl (C=O) groups excluding carboxylic acids is 2. The van der Waals surface area contributed by atoms with Gasteiger partial charge in [0.25, 0.3) is 0 Å². The number of hydrogen-bond donors (Lipinski definition) is 2. The summed E-state index contributed by atoms with van der Waals surface area (Å²) in [4.78, 5) is 23.9. The second-order valence-corrected chi connectivity index (χ2v) is 5.39. The molecule has 1 saturated heterocycles. The molecule has 3 atom stereocenters. The van der Waals surface area contributed by atoms with E-state index in [0.29, 0.717) is 13.0 Å². The van der Waals surface area contributed by atoms with Gasteiger partial charge in [0, 0.05) is 6.61 Å². The molecule has 0 spiro atoms. The highest BCUT2D eigenvalue weighted by atomic mass is 16.5.